The van der Waals surface area contributed by atoms with Crippen LogP contribution in [0.4, 0.5) is 10.1 Å². The number of aromatic nitrogens is 4. The lowest BCUT2D eigenvalue weighted by molar-refractivity contribution is 0.553. The molecule has 0 saturated carbocycles. The highest BCUT2D eigenvalue weighted by atomic mass is 32.2. The number of aryl methyl sites for hydroxylation is 1. The van der Waals surface area contributed by atoms with Crippen LogP contribution in [-0.2, 0) is 29.5 Å². The average Bonchev–Trinajstić information content (AvgIpc) is 3.40. The van der Waals surface area contributed by atoms with Crippen LogP contribution in [-0.4, -0.2) is 27.5 Å². The Morgan fingerprint density at radius 2 is 1.67 bits per heavy atom. The van der Waals surface area contributed by atoms with E-state index in [2.05, 4.69) is 14.7 Å². The molecule has 3 aromatic carbocycles. The molecule has 0 aliphatic heterocycles. The van der Waals surface area contributed by atoms with Crippen molar-refractivity contribution in [3.63, 3.8) is 0 Å². The Hall–Kier alpha value is -4.77. The van der Waals surface area contributed by atoms with E-state index in [0.717, 1.165) is 27.5 Å². The molecule has 0 spiro atoms. The van der Waals surface area contributed by atoms with Gasteiger partial charge in [-0.25, -0.2) is 22.6 Å². The van der Waals surface area contributed by atoms with E-state index in [1.54, 1.807) is 54.6 Å². The number of imidazole rings is 1. The van der Waals surface area contributed by atoms with E-state index in [9.17, 15) is 22.4 Å². The summed E-state index contributed by atoms with van der Waals surface area (Å²) in [4.78, 5) is 34.4. The van der Waals surface area contributed by atoms with E-state index >= 15 is 0 Å². The summed E-state index contributed by atoms with van der Waals surface area (Å²) < 4.78 is 44.3. The van der Waals surface area contributed by atoms with Gasteiger partial charge in [-0.15, -0.1) is 0 Å². The Morgan fingerprint density at radius 1 is 0.952 bits per heavy atom. The predicted octanol–water partition coefficient (Wildman–Crippen LogP) is 4.88. The second-order valence-electron chi connectivity index (χ2n) is 9.89. The number of H-pyrrole nitrogens is 1. The average molecular weight is 588 g/mol. The number of hydrogen-bond donors (Lipinski definition) is 2. The molecule has 0 aliphatic rings. The number of benzene rings is 3. The first-order chi connectivity index (χ1) is 20.2. The molecule has 2 aromatic heterocycles. The SMILES string of the molecule is CCCCn1c(=O)n(Cc2ccccc2F)c(=O)c2[nH]c(Cc3ccc(NS(=O)(=O)/C=C\c4ccccc4)cc3)nc21. The molecule has 216 valence electrons. The number of aromatic amines is 1. The van der Waals surface area contributed by atoms with Crippen LogP contribution < -0.4 is 16.0 Å². The quantitative estimate of drug-likeness (QED) is 0.228. The van der Waals surface area contributed by atoms with Crippen LogP contribution in [0.15, 0.2) is 93.9 Å². The first kappa shape index (κ1) is 28.7. The van der Waals surface area contributed by atoms with Gasteiger partial charge in [-0.05, 0) is 41.8 Å². The zero-order chi connectivity index (χ0) is 29.7. The van der Waals surface area contributed by atoms with Crippen LogP contribution in [0.5, 0.6) is 0 Å². The first-order valence-electron chi connectivity index (χ1n) is 13.5. The van der Waals surface area contributed by atoms with Gasteiger partial charge in [-0.1, -0.05) is 74.0 Å². The maximum Gasteiger partial charge on any atom is 0.333 e. The zero-order valence-corrected chi connectivity index (χ0v) is 23.8. The van der Waals surface area contributed by atoms with Gasteiger partial charge in [0.25, 0.3) is 15.6 Å². The van der Waals surface area contributed by atoms with Crippen LogP contribution in [0, 0.1) is 5.82 Å². The van der Waals surface area contributed by atoms with Crippen molar-refractivity contribution in [1.82, 2.24) is 19.1 Å². The van der Waals surface area contributed by atoms with Gasteiger partial charge in [0.1, 0.15) is 17.2 Å². The van der Waals surface area contributed by atoms with E-state index in [0.29, 0.717) is 30.9 Å². The largest absolute Gasteiger partial charge is 0.336 e. The van der Waals surface area contributed by atoms with Crippen molar-refractivity contribution < 1.29 is 12.8 Å². The fourth-order valence-corrected chi connectivity index (χ4v) is 5.44. The van der Waals surface area contributed by atoms with Gasteiger partial charge < -0.3 is 4.98 Å². The number of hydrogen-bond acceptors (Lipinski definition) is 5. The third-order valence-corrected chi connectivity index (χ3v) is 7.77. The van der Waals surface area contributed by atoms with Gasteiger partial charge in [0, 0.05) is 24.2 Å². The summed E-state index contributed by atoms with van der Waals surface area (Å²) in [6, 6.07) is 22.0. The molecule has 42 heavy (non-hydrogen) atoms. The van der Waals surface area contributed by atoms with Crippen LogP contribution >= 0.6 is 0 Å². The van der Waals surface area contributed by atoms with Crippen molar-refractivity contribution in [2.75, 3.05) is 4.72 Å². The smallest absolute Gasteiger partial charge is 0.333 e. The molecule has 11 heteroatoms. The van der Waals surface area contributed by atoms with Gasteiger partial charge in [-0.2, -0.15) is 0 Å². The van der Waals surface area contributed by atoms with E-state index in [1.807, 2.05) is 25.1 Å². The molecule has 2 heterocycles. The maximum atomic E-state index is 14.3. The predicted molar refractivity (Wildman–Crippen MR) is 162 cm³/mol. The van der Waals surface area contributed by atoms with Crippen molar-refractivity contribution in [2.45, 2.75) is 39.3 Å². The Morgan fingerprint density at radius 3 is 2.38 bits per heavy atom. The summed E-state index contributed by atoms with van der Waals surface area (Å²) in [6.45, 7) is 2.16. The lowest BCUT2D eigenvalue weighted by Crippen LogP contribution is -2.40. The summed E-state index contributed by atoms with van der Waals surface area (Å²) in [5, 5.41) is 1.11. The van der Waals surface area contributed by atoms with Crippen LogP contribution in [0.3, 0.4) is 0 Å². The molecule has 0 bridgehead atoms. The Labute approximate surface area is 242 Å². The molecule has 5 rings (SSSR count). The fourth-order valence-electron chi connectivity index (χ4n) is 4.57. The number of fused-ring (bicyclic) bond motifs is 1. The van der Waals surface area contributed by atoms with E-state index in [4.69, 9.17) is 0 Å². The first-order valence-corrected chi connectivity index (χ1v) is 15.1. The van der Waals surface area contributed by atoms with Crippen LogP contribution in [0.25, 0.3) is 17.2 Å². The normalized spacial score (nSPS) is 11.9. The second kappa shape index (κ2) is 12.4. The Balaban J connectivity index is 1.39. The number of nitrogens with zero attached hydrogens (tertiary/aromatic N) is 3. The number of nitrogens with one attached hydrogen (secondary N) is 2. The molecule has 2 N–H and O–H groups in total. The summed E-state index contributed by atoms with van der Waals surface area (Å²) in [6.07, 6.45) is 3.36. The number of anilines is 1. The molecule has 0 unspecified atom stereocenters. The molecule has 0 fully saturated rings. The summed E-state index contributed by atoms with van der Waals surface area (Å²) >= 11 is 0. The summed E-state index contributed by atoms with van der Waals surface area (Å²) in [5.41, 5.74) is 1.53. The molecule has 9 nitrogen and oxygen atoms in total. The van der Waals surface area contributed by atoms with Gasteiger partial charge in [0.2, 0.25) is 0 Å². The fraction of sp³-hybridized carbons (Fsp3) is 0.194. The highest BCUT2D eigenvalue weighted by Gasteiger charge is 2.18. The molecule has 0 atom stereocenters. The van der Waals surface area contributed by atoms with Gasteiger partial charge in [0.15, 0.2) is 5.65 Å². The monoisotopic (exact) mass is 587 g/mol. The molecular weight excluding hydrogens is 557 g/mol. The number of rotatable bonds is 11. The highest BCUT2D eigenvalue weighted by molar-refractivity contribution is 7.95. The minimum Gasteiger partial charge on any atom is -0.336 e. The second-order valence-corrected chi connectivity index (χ2v) is 11.5. The minimum absolute atomic E-state index is 0.173. The molecule has 5 aromatic rings. The van der Waals surface area contributed by atoms with Gasteiger partial charge >= 0.3 is 5.69 Å². The van der Waals surface area contributed by atoms with Gasteiger partial charge in [-0.3, -0.25) is 18.7 Å². The Kier molecular flexibility index (Phi) is 8.48. The summed E-state index contributed by atoms with van der Waals surface area (Å²) in [5.74, 6) is -0.0261. The van der Waals surface area contributed by atoms with Crippen molar-refractivity contribution in [1.29, 1.82) is 0 Å². The molecule has 0 radical (unpaired) electrons. The standard InChI is InChI=1S/C31H30FN5O4S/c1-2-3-18-36-29-28(30(38)37(31(36)39)21-24-11-7-8-12-26(24)32)33-27(34-29)20-23-13-15-25(16-14-23)35-42(40,41)19-17-22-9-5-4-6-10-22/h4-17,19,35H,2-3,18,20-21H2,1H3,(H,33,34)/b19-17-. The lowest BCUT2D eigenvalue weighted by atomic mass is 10.1. The minimum atomic E-state index is -3.71. The van der Waals surface area contributed by atoms with Crippen LogP contribution in [0.1, 0.15) is 42.3 Å². The van der Waals surface area contributed by atoms with E-state index < -0.39 is 27.1 Å². The number of sulfonamides is 1. The number of unbranched alkanes of at least 4 members (excludes halogenated alkanes) is 1. The van der Waals surface area contributed by atoms with E-state index in [1.165, 1.54) is 16.7 Å². The molecule has 0 amide bonds. The maximum absolute atomic E-state index is 14.3. The van der Waals surface area contributed by atoms with Crippen molar-refractivity contribution in [3.8, 4) is 0 Å². The molecule has 0 aliphatic carbocycles. The Bertz CT molecular complexity index is 1960. The molecule has 0 saturated heterocycles. The third-order valence-electron chi connectivity index (χ3n) is 6.76. The molecular formula is C31H30FN5O4S. The number of halogens is 1. The topological polar surface area (TPSA) is 119 Å². The van der Waals surface area contributed by atoms with Gasteiger partial charge in [0.05, 0.1) is 12.0 Å². The van der Waals surface area contributed by atoms with E-state index in [-0.39, 0.29) is 23.3 Å². The lowest BCUT2D eigenvalue weighted by Gasteiger charge is -2.11. The van der Waals surface area contributed by atoms with Crippen molar-refractivity contribution in [3.05, 3.63) is 133 Å². The highest BCUT2D eigenvalue weighted by Crippen LogP contribution is 2.17. The third kappa shape index (κ3) is 6.58. The zero-order valence-electron chi connectivity index (χ0n) is 23.0. The summed E-state index contributed by atoms with van der Waals surface area (Å²) in [7, 11) is -3.71. The van der Waals surface area contributed by atoms with Crippen molar-refractivity contribution >= 4 is 33.0 Å². The van der Waals surface area contributed by atoms with Crippen molar-refractivity contribution in [2.24, 2.45) is 0 Å². The van der Waals surface area contributed by atoms with Crippen LogP contribution in [0.2, 0.25) is 0 Å².